The van der Waals surface area contributed by atoms with Gasteiger partial charge in [0, 0.05) is 17.3 Å². The normalized spacial score (nSPS) is 11.3. The maximum Gasteiger partial charge on any atom is 0.255 e. The minimum absolute atomic E-state index is 0.0377. The third-order valence-electron chi connectivity index (χ3n) is 4.32. The molecule has 31 heavy (non-hydrogen) atoms. The molecule has 0 saturated heterocycles. The Kier molecular flexibility index (Phi) is 6.83. The van der Waals surface area contributed by atoms with Gasteiger partial charge in [-0.25, -0.2) is 17.2 Å². The van der Waals surface area contributed by atoms with Gasteiger partial charge in [0.15, 0.2) is 11.6 Å². The Morgan fingerprint density at radius 3 is 2.29 bits per heavy atom. The van der Waals surface area contributed by atoms with Gasteiger partial charge in [-0.15, -0.1) is 0 Å². The molecule has 0 bridgehead atoms. The molecule has 0 fully saturated rings. The molecule has 162 valence electrons. The average Bonchev–Trinajstić information content (AvgIpc) is 2.71. The molecule has 3 aromatic carbocycles. The zero-order chi connectivity index (χ0) is 22.8. The lowest BCUT2D eigenvalue weighted by atomic mass is 10.1. The minimum Gasteiger partial charge on any atom is -0.322 e. The van der Waals surface area contributed by atoms with Crippen LogP contribution in [-0.2, 0) is 16.6 Å². The second-order valence-electron chi connectivity index (χ2n) is 6.62. The number of nitrogens with one attached hydrogen (secondary N) is 1. The van der Waals surface area contributed by atoms with Crippen LogP contribution in [0.1, 0.15) is 15.9 Å². The lowest BCUT2D eigenvalue weighted by molar-refractivity contribution is 0.102. The standard InChI is InChI=1S/C21H16Cl2F2N2O3S/c1-31(29,30)27(19-4-2-3-16(22)20(19)23)12-13-5-7-14(8-6-13)21(28)26-15-9-10-17(24)18(25)11-15/h2-11H,12H2,1H3,(H,26,28). The van der Waals surface area contributed by atoms with Crippen LogP contribution in [0.5, 0.6) is 0 Å². The SMILES string of the molecule is CS(=O)(=O)N(Cc1ccc(C(=O)Nc2ccc(F)c(F)c2)cc1)c1cccc(Cl)c1Cl. The Bertz CT molecular complexity index is 1240. The zero-order valence-corrected chi connectivity index (χ0v) is 18.4. The van der Waals surface area contributed by atoms with E-state index in [4.69, 9.17) is 23.2 Å². The molecular formula is C21H16Cl2F2N2O3S. The molecule has 0 spiro atoms. The monoisotopic (exact) mass is 484 g/mol. The van der Waals surface area contributed by atoms with Gasteiger partial charge in [-0.3, -0.25) is 9.10 Å². The van der Waals surface area contributed by atoms with E-state index in [0.29, 0.717) is 5.56 Å². The van der Waals surface area contributed by atoms with Gasteiger partial charge in [-0.1, -0.05) is 41.4 Å². The van der Waals surface area contributed by atoms with Crippen LogP contribution in [0.3, 0.4) is 0 Å². The predicted molar refractivity (Wildman–Crippen MR) is 118 cm³/mol. The number of halogens is 4. The number of carbonyl (C=O) groups is 1. The van der Waals surface area contributed by atoms with E-state index in [2.05, 4.69) is 5.32 Å². The number of amides is 1. The maximum atomic E-state index is 13.3. The van der Waals surface area contributed by atoms with E-state index in [9.17, 15) is 22.0 Å². The van der Waals surface area contributed by atoms with Crippen molar-refractivity contribution >= 4 is 50.5 Å². The number of benzene rings is 3. The molecule has 1 N–H and O–H groups in total. The zero-order valence-electron chi connectivity index (χ0n) is 16.1. The van der Waals surface area contributed by atoms with Crippen LogP contribution in [0.15, 0.2) is 60.7 Å². The van der Waals surface area contributed by atoms with Crippen LogP contribution >= 0.6 is 23.2 Å². The minimum atomic E-state index is -3.69. The number of hydrogen-bond donors (Lipinski definition) is 1. The molecule has 3 rings (SSSR count). The van der Waals surface area contributed by atoms with E-state index >= 15 is 0 Å². The largest absolute Gasteiger partial charge is 0.322 e. The van der Waals surface area contributed by atoms with Gasteiger partial charge < -0.3 is 5.32 Å². The van der Waals surface area contributed by atoms with Gasteiger partial charge in [-0.05, 0) is 42.0 Å². The van der Waals surface area contributed by atoms with E-state index in [-0.39, 0.29) is 33.5 Å². The highest BCUT2D eigenvalue weighted by atomic mass is 35.5. The van der Waals surface area contributed by atoms with Crippen molar-refractivity contribution in [2.24, 2.45) is 0 Å². The summed E-state index contributed by atoms with van der Waals surface area (Å²) in [4.78, 5) is 12.3. The summed E-state index contributed by atoms with van der Waals surface area (Å²) in [7, 11) is -3.69. The van der Waals surface area contributed by atoms with Crippen molar-refractivity contribution in [3.05, 3.63) is 93.5 Å². The summed E-state index contributed by atoms with van der Waals surface area (Å²) >= 11 is 12.2. The number of nitrogens with zero attached hydrogens (tertiary/aromatic N) is 1. The van der Waals surface area contributed by atoms with E-state index in [1.54, 1.807) is 30.3 Å². The number of sulfonamides is 1. The van der Waals surface area contributed by atoms with Crippen LogP contribution < -0.4 is 9.62 Å². The Morgan fingerprint density at radius 2 is 1.68 bits per heavy atom. The molecule has 0 saturated carbocycles. The van der Waals surface area contributed by atoms with Gasteiger partial charge in [0.25, 0.3) is 5.91 Å². The van der Waals surface area contributed by atoms with Gasteiger partial charge >= 0.3 is 0 Å². The Labute approximate surface area is 188 Å². The lowest BCUT2D eigenvalue weighted by Crippen LogP contribution is -2.29. The Hall–Kier alpha value is -2.68. The van der Waals surface area contributed by atoms with Crippen molar-refractivity contribution in [1.82, 2.24) is 0 Å². The fourth-order valence-electron chi connectivity index (χ4n) is 2.77. The molecule has 0 aliphatic rings. The molecule has 0 aliphatic heterocycles. The van der Waals surface area contributed by atoms with E-state index in [0.717, 1.165) is 22.7 Å². The van der Waals surface area contributed by atoms with E-state index in [1.165, 1.54) is 18.2 Å². The van der Waals surface area contributed by atoms with Gasteiger partial charge in [0.1, 0.15) is 0 Å². The van der Waals surface area contributed by atoms with Crippen LogP contribution in [0.4, 0.5) is 20.2 Å². The van der Waals surface area contributed by atoms with Crippen molar-refractivity contribution in [2.45, 2.75) is 6.54 Å². The molecule has 0 aliphatic carbocycles. The smallest absolute Gasteiger partial charge is 0.255 e. The average molecular weight is 485 g/mol. The summed E-state index contributed by atoms with van der Waals surface area (Å²) in [6.07, 6.45) is 1.05. The number of anilines is 2. The summed E-state index contributed by atoms with van der Waals surface area (Å²) in [6.45, 7) is -0.0377. The third-order valence-corrected chi connectivity index (χ3v) is 6.26. The molecule has 3 aromatic rings. The first-order valence-electron chi connectivity index (χ1n) is 8.83. The van der Waals surface area contributed by atoms with E-state index in [1.807, 2.05) is 0 Å². The summed E-state index contributed by atoms with van der Waals surface area (Å²) in [5.74, 6) is -2.62. The summed E-state index contributed by atoms with van der Waals surface area (Å²) in [5.41, 5.74) is 1.18. The van der Waals surface area contributed by atoms with Crippen LogP contribution in [0.2, 0.25) is 10.0 Å². The van der Waals surface area contributed by atoms with E-state index < -0.39 is 27.6 Å². The van der Waals surface area contributed by atoms with Gasteiger partial charge in [0.2, 0.25) is 10.0 Å². The molecule has 0 unspecified atom stereocenters. The van der Waals surface area contributed by atoms with Crippen molar-refractivity contribution < 1.29 is 22.0 Å². The van der Waals surface area contributed by atoms with Crippen molar-refractivity contribution in [3.8, 4) is 0 Å². The fourth-order valence-corrected chi connectivity index (χ4v) is 4.11. The molecule has 0 radical (unpaired) electrons. The second kappa shape index (κ2) is 9.21. The first kappa shape index (κ1) is 23.0. The molecule has 0 heterocycles. The second-order valence-corrected chi connectivity index (χ2v) is 9.31. The first-order chi connectivity index (χ1) is 14.6. The van der Waals surface area contributed by atoms with Crippen LogP contribution in [0.25, 0.3) is 0 Å². The Balaban J connectivity index is 1.80. The van der Waals surface area contributed by atoms with Crippen LogP contribution in [-0.4, -0.2) is 20.6 Å². The summed E-state index contributed by atoms with van der Waals surface area (Å²) < 4.78 is 52.1. The van der Waals surface area contributed by atoms with Gasteiger partial charge in [0.05, 0.1) is 28.5 Å². The predicted octanol–water partition coefficient (Wildman–Crippen LogP) is 5.49. The van der Waals surface area contributed by atoms with Crippen molar-refractivity contribution in [3.63, 3.8) is 0 Å². The van der Waals surface area contributed by atoms with Crippen molar-refractivity contribution in [1.29, 1.82) is 0 Å². The molecule has 0 atom stereocenters. The highest BCUT2D eigenvalue weighted by Crippen LogP contribution is 2.34. The molecule has 1 amide bonds. The third kappa shape index (κ3) is 5.52. The Morgan fingerprint density at radius 1 is 1.00 bits per heavy atom. The van der Waals surface area contributed by atoms with Gasteiger partial charge in [-0.2, -0.15) is 0 Å². The molecule has 0 aromatic heterocycles. The summed E-state index contributed by atoms with van der Waals surface area (Å²) in [6, 6.07) is 13.8. The number of carbonyl (C=O) groups excluding carboxylic acids is 1. The maximum absolute atomic E-state index is 13.3. The van der Waals surface area contributed by atoms with Crippen molar-refractivity contribution in [2.75, 3.05) is 15.9 Å². The first-order valence-corrected chi connectivity index (χ1v) is 11.4. The fraction of sp³-hybridized carbons (Fsp3) is 0.0952. The molecular weight excluding hydrogens is 469 g/mol. The molecule has 10 heteroatoms. The number of hydrogen-bond acceptors (Lipinski definition) is 3. The number of rotatable bonds is 6. The quantitative estimate of drug-likeness (QED) is 0.502. The lowest BCUT2D eigenvalue weighted by Gasteiger charge is -2.24. The summed E-state index contributed by atoms with van der Waals surface area (Å²) in [5, 5.41) is 2.79. The highest BCUT2D eigenvalue weighted by Gasteiger charge is 2.21. The topological polar surface area (TPSA) is 66.5 Å². The highest BCUT2D eigenvalue weighted by molar-refractivity contribution is 7.92. The van der Waals surface area contributed by atoms with Crippen LogP contribution in [0, 0.1) is 11.6 Å². The molecule has 5 nitrogen and oxygen atoms in total.